The fourth-order valence-corrected chi connectivity index (χ4v) is 3.99. The smallest absolute Gasteiger partial charge is 0.186 e. The lowest BCUT2D eigenvalue weighted by atomic mass is 9.86. The Morgan fingerprint density at radius 1 is 1.25 bits per heavy atom. The minimum atomic E-state index is -0.343. The van der Waals surface area contributed by atoms with E-state index in [4.69, 9.17) is 4.74 Å². The summed E-state index contributed by atoms with van der Waals surface area (Å²) in [5.41, 5.74) is 1.40. The fourth-order valence-electron chi connectivity index (χ4n) is 3.99. The van der Waals surface area contributed by atoms with Gasteiger partial charge in [-0.1, -0.05) is 25.1 Å². The van der Waals surface area contributed by atoms with E-state index in [0.29, 0.717) is 12.1 Å². The summed E-state index contributed by atoms with van der Waals surface area (Å²) in [5, 5.41) is 3.33. The van der Waals surface area contributed by atoms with Crippen molar-refractivity contribution < 1.29 is 9.13 Å². The Labute approximate surface area is 141 Å². The van der Waals surface area contributed by atoms with Crippen LogP contribution < -0.4 is 10.1 Å². The predicted molar refractivity (Wildman–Crippen MR) is 90.6 cm³/mol. The van der Waals surface area contributed by atoms with Gasteiger partial charge in [-0.2, -0.15) is 0 Å². The summed E-state index contributed by atoms with van der Waals surface area (Å²) in [6, 6.07) is 8.05. The van der Waals surface area contributed by atoms with Crippen LogP contribution in [0.2, 0.25) is 0 Å². The second kappa shape index (κ2) is 6.04. The van der Waals surface area contributed by atoms with E-state index in [1.807, 2.05) is 25.1 Å². The van der Waals surface area contributed by atoms with Crippen LogP contribution in [0.1, 0.15) is 56.3 Å². The highest BCUT2D eigenvalue weighted by molar-refractivity contribution is 5.46. The minimum Gasteiger partial charge on any atom is -0.487 e. The van der Waals surface area contributed by atoms with Gasteiger partial charge in [-0.25, -0.2) is 14.4 Å². The van der Waals surface area contributed by atoms with Crippen molar-refractivity contribution in [1.82, 2.24) is 9.97 Å². The molecular formula is C19H22FN3O. The Morgan fingerprint density at radius 3 is 2.83 bits per heavy atom. The third kappa shape index (κ3) is 2.62. The van der Waals surface area contributed by atoms with Gasteiger partial charge in [0.1, 0.15) is 17.7 Å². The van der Waals surface area contributed by atoms with E-state index < -0.39 is 0 Å². The molecule has 1 fully saturated rings. The summed E-state index contributed by atoms with van der Waals surface area (Å²) in [7, 11) is 0. The van der Waals surface area contributed by atoms with Crippen molar-refractivity contribution in [2.75, 3.05) is 5.32 Å². The average Bonchev–Trinajstić information content (AvgIpc) is 3.04. The quantitative estimate of drug-likeness (QED) is 0.906. The summed E-state index contributed by atoms with van der Waals surface area (Å²) in [5.74, 6) is 0.856. The molecule has 1 aliphatic carbocycles. The monoisotopic (exact) mass is 327 g/mol. The highest BCUT2D eigenvalue weighted by Gasteiger charge is 2.43. The van der Waals surface area contributed by atoms with Crippen LogP contribution in [0, 0.1) is 5.82 Å². The van der Waals surface area contributed by atoms with Crippen LogP contribution in [0.4, 0.5) is 10.2 Å². The topological polar surface area (TPSA) is 47.0 Å². The zero-order valence-electron chi connectivity index (χ0n) is 13.9. The number of fused-ring (bicyclic) bond motifs is 1. The molecule has 1 atom stereocenters. The first-order valence-electron chi connectivity index (χ1n) is 8.75. The molecule has 0 bridgehead atoms. The van der Waals surface area contributed by atoms with Gasteiger partial charge in [-0.05, 0) is 38.2 Å². The van der Waals surface area contributed by atoms with Crippen LogP contribution in [0.5, 0.6) is 5.75 Å². The van der Waals surface area contributed by atoms with Gasteiger partial charge in [0, 0.05) is 12.0 Å². The molecular weight excluding hydrogens is 305 g/mol. The van der Waals surface area contributed by atoms with Gasteiger partial charge >= 0.3 is 0 Å². The lowest BCUT2D eigenvalue weighted by molar-refractivity contribution is 0.0452. The Morgan fingerprint density at radius 2 is 2.04 bits per heavy atom. The Kier molecular flexibility index (Phi) is 3.87. The molecule has 4 nitrogen and oxygen atoms in total. The number of ether oxygens (including phenoxy) is 1. The summed E-state index contributed by atoms with van der Waals surface area (Å²) in [6.07, 6.45) is 7.33. The van der Waals surface area contributed by atoms with Gasteiger partial charge in [0.2, 0.25) is 0 Å². The molecule has 1 spiro atoms. The summed E-state index contributed by atoms with van der Waals surface area (Å²) in [6.45, 7) is 1.90. The van der Waals surface area contributed by atoms with Crippen LogP contribution >= 0.6 is 0 Å². The van der Waals surface area contributed by atoms with Crippen LogP contribution in [0.15, 0.2) is 30.6 Å². The first-order chi connectivity index (χ1) is 11.7. The number of nitrogens with one attached hydrogen (secondary N) is 1. The molecule has 1 N–H and O–H groups in total. The normalized spacial score (nSPS) is 21.3. The highest BCUT2D eigenvalue weighted by atomic mass is 19.1. The molecule has 1 saturated carbocycles. The summed E-state index contributed by atoms with van der Waals surface area (Å²) in [4.78, 5) is 8.15. The number of nitrogens with zero attached hydrogens (tertiary/aromatic N) is 2. The van der Waals surface area contributed by atoms with E-state index in [1.165, 1.54) is 19.2 Å². The zero-order valence-corrected chi connectivity index (χ0v) is 13.9. The molecule has 5 heteroatoms. The molecule has 2 aliphatic rings. The second-order valence-corrected chi connectivity index (χ2v) is 6.77. The van der Waals surface area contributed by atoms with Gasteiger partial charge in [-0.3, -0.25) is 0 Å². The largest absolute Gasteiger partial charge is 0.487 e. The van der Waals surface area contributed by atoms with Crippen LogP contribution in [-0.4, -0.2) is 15.6 Å². The first-order valence-corrected chi connectivity index (χ1v) is 8.75. The first kappa shape index (κ1) is 15.4. The van der Waals surface area contributed by atoms with E-state index in [-0.39, 0.29) is 23.3 Å². The van der Waals surface area contributed by atoms with E-state index in [9.17, 15) is 4.39 Å². The lowest BCUT2D eigenvalue weighted by Gasteiger charge is -2.40. The summed E-state index contributed by atoms with van der Waals surface area (Å²) < 4.78 is 20.9. The molecule has 1 aromatic heterocycles. The van der Waals surface area contributed by atoms with Gasteiger partial charge in [-0.15, -0.1) is 0 Å². The maximum atomic E-state index is 14.6. The molecule has 2 aromatic rings. The van der Waals surface area contributed by atoms with E-state index in [0.717, 1.165) is 30.6 Å². The molecule has 1 aliphatic heterocycles. The number of aromatic nitrogens is 2. The SMILES string of the molecule is CCc1ncnc(NC2CC3(CCCC3)Oc3ccccc32)c1F. The molecule has 0 radical (unpaired) electrons. The molecule has 1 unspecified atom stereocenters. The molecule has 0 saturated heterocycles. The Hall–Kier alpha value is -2.17. The Bertz CT molecular complexity index is 743. The number of hydrogen-bond acceptors (Lipinski definition) is 4. The standard InChI is InChI=1S/C19H22FN3O/c1-2-14-17(20)18(22-12-21-14)23-15-11-19(9-5-6-10-19)24-16-8-4-3-7-13(15)16/h3-4,7-8,12,15H,2,5-6,9-11H2,1H3,(H,21,22,23). The lowest BCUT2D eigenvalue weighted by Crippen LogP contribution is -2.40. The number of anilines is 1. The third-order valence-corrected chi connectivity index (χ3v) is 5.22. The third-order valence-electron chi connectivity index (χ3n) is 5.22. The zero-order chi connectivity index (χ0) is 16.6. The van der Waals surface area contributed by atoms with Crippen molar-refractivity contribution >= 4 is 5.82 Å². The maximum Gasteiger partial charge on any atom is 0.186 e. The van der Waals surface area contributed by atoms with E-state index in [2.05, 4.69) is 21.4 Å². The molecule has 0 amide bonds. The predicted octanol–water partition coefficient (Wildman–Crippen LogP) is 4.43. The molecule has 4 rings (SSSR count). The average molecular weight is 327 g/mol. The van der Waals surface area contributed by atoms with Crippen molar-refractivity contribution in [3.05, 3.63) is 47.7 Å². The van der Waals surface area contributed by atoms with Crippen molar-refractivity contribution in [1.29, 1.82) is 0 Å². The van der Waals surface area contributed by atoms with E-state index in [1.54, 1.807) is 0 Å². The van der Waals surface area contributed by atoms with Crippen molar-refractivity contribution in [2.45, 2.75) is 57.1 Å². The van der Waals surface area contributed by atoms with Crippen LogP contribution in [0.3, 0.4) is 0 Å². The van der Waals surface area contributed by atoms with E-state index >= 15 is 0 Å². The fraction of sp³-hybridized carbons (Fsp3) is 0.474. The van der Waals surface area contributed by atoms with Crippen LogP contribution in [0.25, 0.3) is 0 Å². The Balaban J connectivity index is 1.69. The number of benzene rings is 1. The van der Waals surface area contributed by atoms with Gasteiger partial charge in [0.05, 0.1) is 11.7 Å². The second-order valence-electron chi connectivity index (χ2n) is 6.77. The number of hydrogen-bond donors (Lipinski definition) is 1. The number of aryl methyl sites for hydroxylation is 1. The van der Waals surface area contributed by atoms with Gasteiger partial charge in [0.15, 0.2) is 11.6 Å². The van der Waals surface area contributed by atoms with Crippen molar-refractivity contribution in [3.8, 4) is 5.75 Å². The van der Waals surface area contributed by atoms with Crippen molar-refractivity contribution in [3.63, 3.8) is 0 Å². The maximum absolute atomic E-state index is 14.6. The number of para-hydroxylation sites is 1. The molecule has 24 heavy (non-hydrogen) atoms. The summed E-state index contributed by atoms with van der Waals surface area (Å²) >= 11 is 0. The van der Waals surface area contributed by atoms with Crippen LogP contribution in [-0.2, 0) is 6.42 Å². The van der Waals surface area contributed by atoms with Crippen molar-refractivity contribution in [2.24, 2.45) is 0 Å². The number of rotatable bonds is 3. The van der Waals surface area contributed by atoms with Gasteiger partial charge in [0.25, 0.3) is 0 Å². The molecule has 126 valence electrons. The molecule has 2 heterocycles. The molecule has 1 aromatic carbocycles. The van der Waals surface area contributed by atoms with Gasteiger partial charge < -0.3 is 10.1 Å². The number of halogens is 1. The minimum absolute atomic E-state index is 0.00200. The highest BCUT2D eigenvalue weighted by Crippen LogP contribution is 2.47.